The molecule has 2 N–H and O–H groups in total. The summed E-state index contributed by atoms with van der Waals surface area (Å²) in [6.07, 6.45) is 8.17. The van der Waals surface area contributed by atoms with Crippen molar-refractivity contribution >= 4 is 17.3 Å². The van der Waals surface area contributed by atoms with E-state index in [1.165, 1.54) is 5.56 Å². The van der Waals surface area contributed by atoms with Crippen LogP contribution < -0.4 is 10.1 Å². The maximum Gasteiger partial charge on any atom is 0.207 e. The lowest BCUT2D eigenvalue weighted by molar-refractivity contribution is -0.117. The second-order valence-corrected chi connectivity index (χ2v) is 9.62. The van der Waals surface area contributed by atoms with Crippen molar-refractivity contribution < 1.29 is 19.4 Å². The number of rotatable bonds is 9. The zero-order chi connectivity index (χ0) is 23.8. The molecule has 0 radical (unpaired) electrons. The molecule has 5 rings (SSSR count). The van der Waals surface area contributed by atoms with Crippen LogP contribution in [0.25, 0.3) is 10.9 Å². The van der Waals surface area contributed by atoms with Crippen LogP contribution in [0.5, 0.6) is 5.75 Å². The van der Waals surface area contributed by atoms with Gasteiger partial charge in [0.15, 0.2) is 0 Å². The van der Waals surface area contributed by atoms with Gasteiger partial charge in [-0.1, -0.05) is 18.6 Å². The first kappa shape index (κ1) is 22.7. The predicted molar refractivity (Wildman–Crippen MR) is 125 cm³/mol. The van der Waals surface area contributed by atoms with Crippen LogP contribution in [-0.4, -0.2) is 50.2 Å². The summed E-state index contributed by atoms with van der Waals surface area (Å²) in [6.45, 7) is 5.31. The Labute approximate surface area is 198 Å². The summed E-state index contributed by atoms with van der Waals surface area (Å²) in [5.74, 6) is 0.762. The number of hydrogen-bond donors (Lipinski definition) is 2. The fourth-order valence-corrected chi connectivity index (χ4v) is 5.59. The number of benzene rings is 1. The highest BCUT2D eigenvalue weighted by Crippen LogP contribution is 2.49. The molecule has 2 aliphatic rings. The summed E-state index contributed by atoms with van der Waals surface area (Å²) in [7, 11) is 0. The third kappa shape index (κ3) is 3.92. The Balaban J connectivity index is 1.35. The molecule has 0 saturated heterocycles. The zero-order valence-electron chi connectivity index (χ0n) is 19.7. The Hall–Kier alpha value is -3.04. The van der Waals surface area contributed by atoms with Gasteiger partial charge in [-0.2, -0.15) is 0 Å². The van der Waals surface area contributed by atoms with Crippen molar-refractivity contribution in [2.75, 3.05) is 13.2 Å². The van der Waals surface area contributed by atoms with Crippen LogP contribution in [0, 0.1) is 0 Å². The molecule has 1 aromatic carbocycles. The lowest BCUT2D eigenvalue weighted by atomic mass is 9.61. The average Bonchev–Trinajstić information content (AvgIpc) is 3.33. The third-order valence-corrected chi connectivity index (χ3v) is 7.24. The number of ether oxygens (including phenoxy) is 2. The highest BCUT2D eigenvalue weighted by molar-refractivity contribution is 5.84. The Morgan fingerprint density at radius 2 is 2.24 bits per heavy atom. The van der Waals surface area contributed by atoms with Crippen LogP contribution in [0.2, 0.25) is 0 Å². The van der Waals surface area contributed by atoms with E-state index >= 15 is 0 Å². The molecule has 34 heavy (non-hydrogen) atoms. The van der Waals surface area contributed by atoms with Crippen molar-refractivity contribution in [3.8, 4) is 5.75 Å². The number of amides is 1. The van der Waals surface area contributed by atoms with E-state index in [0.717, 1.165) is 53.8 Å². The van der Waals surface area contributed by atoms with Crippen LogP contribution in [0.15, 0.2) is 30.6 Å². The van der Waals surface area contributed by atoms with E-state index in [1.807, 2.05) is 36.1 Å². The minimum Gasteiger partial charge on any atom is -0.484 e. The zero-order valence-corrected chi connectivity index (χ0v) is 19.7. The molecular formula is C25H31N5O4. The van der Waals surface area contributed by atoms with Crippen molar-refractivity contribution in [1.82, 2.24) is 25.3 Å². The van der Waals surface area contributed by atoms with Crippen LogP contribution in [0.1, 0.15) is 62.5 Å². The maximum atomic E-state index is 11.0. The van der Waals surface area contributed by atoms with Gasteiger partial charge >= 0.3 is 0 Å². The molecule has 3 heterocycles. The molecule has 0 bridgehead atoms. The fourth-order valence-electron chi connectivity index (χ4n) is 5.59. The minimum absolute atomic E-state index is 0.0923. The van der Waals surface area contributed by atoms with E-state index in [4.69, 9.17) is 9.47 Å². The van der Waals surface area contributed by atoms with Gasteiger partial charge in [0.05, 0.1) is 42.6 Å². The molecule has 1 unspecified atom stereocenters. The van der Waals surface area contributed by atoms with Crippen LogP contribution >= 0.6 is 0 Å². The van der Waals surface area contributed by atoms with Crippen LogP contribution in [0.3, 0.4) is 0 Å². The van der Waals surface area contributed by atoms with Gasteiger partial charge in [-0.3, -0.25) is 9.78 Å². The number of pyridine rings is 1. The van der Waals surface area contributed by atoms with Gasteiger partial charge in [-0.25, -0.2) is 4.68 Å². The molecule has 180 valence electrons. The molecule has 1 amide bonds. The lowest BCUT2D eigenvalue weighted by Crippen LogP contribution is -2.66. The SMILES string of the molecule is CCCC1(n2cc(C(C)Oc3ccc4ncc5c(c4c3)CCOC5)nn2)CC(CO)(NC=O)C1. The summed E-state index contributed by atoms with van der Waals surface area (Å²) in [4.78, 5) is 15.6. The average molecular weight is 466 g/mol. The largest absolute Gasteiger partial charge is 0.484 e. The molecule has 9 heteroatoms. The molecule has 3 aromatic rings. The first-order valence-electron chi connectivity index (χ1n) is 11.9. The van der Waals surface area contributed by atoms with Crippen LogP contribution in [0.4, 0.5) is 0 Å². The van der Waals surface area contributed by atoms with E-state index in [2.05, 4.69) is 33.6 Å². The van der Waals surface area contributed by atoms with Crippen molar-refractivity contribution in [1.29, 1.82) is 0 Å². The highest BCUT2D eigenvalue weighted by Gasteiger charge is 2.55. The summed E-state index contributed by atoms with van der Waals surface area (Å²) in [5.41, 5.74) is 3.25. The molecule has 1 fully saturated rings. The summed E-state index contributed by atoms with van der Waals surface area (Å²) < 4.78 is 13.7. The predicted octanol–water partition coefficient (Wildman–Crippen LogP) is 2.81. The van der Waals surface area contributed by atoms with Gasteiger partial charge in [0, 0.05) is 11.6 Å². The number of aromatic nitrogens is 4. The van der Waals surface area contributed by atoms with Crippen molar-refractivity contribution in [3.63, 3.8) is 0 Å². The van der Waals surface area contributed by atoms with Gasteiger partial charge in [0.1, 0.15) is 17.5 Å². The van der Waals surface area contributed by atoms with E-state index in [-0.39, 0.29) is 18.2 Å². The summed E-state index contributed by atoms with van der Waals surface area (Å²) >= 11 is 0. The Morgan fingerprint density at radius 3 is 3.00 bits per heavy atom. The number of nitrogens with one attached hydrogen (secondary N) is 1. The molecule has 1 aliphatic heterocycles. The minimum atomic E-state index is -0.589. The quantitative estimate of drug-likeness (QED) is 0.468. The standard InChI is InChI=1S/C25H31N5O4/c1-3-7-25(13-24(14-25,15-31)27-16-32)30-11-23(28-29-30)17(2)34-19-4-5-22-21(9-19)20-6-8-33-12-18(20)10-26-22/h4-5,9-11,16-17,31H,3,6-8,12-15H2,1-2H3,(H,27,32). The molecule has 0 spiro atoms. The van der Waals surface area contributed by atoms with Crippen LogP contribution in [-0.2, 0) is 28.1 Å². The highest BCUT2D eigenvalue weighted by atomic mass is 16.5. The molecule has 9 nitrogen and oxygen atoms in total. The van der Waals surface area contributed by atoms with Crippen molar-refractivity contribution in [3.05, 3.63) is 47.4 Å². The summed E-state index contributed by atoms with van der Waals surface area (Å²) in [6, 6.07) is 5.98. The van der Waals surface area contributed by atoms with Crippen molar-refractivity contribution in [2.24, 2.45) is 0 Å². The van der Waals surface area contributed by atoms with Gasteiger partial charge in [0.25, 0.3) is 0 Å². The van der Waals surface area contributed by atoms with E-state index < -0.39 is 5.54 Å². The molecule has 2 aromatic heterocycles. The monoisotopic (exact) mass is 465 g/mol. The van der Waals surface area contributed by atoms with Crippen molar-refractivity contribution in [2.45, 2.75) is 69.7 Å². The normalized spacial score (nSPS) is 24.8. The third-order valence-electron chi connectivity index (χ3n) is 7.24. The molecule has 1 aliphatic carbocycles. The number of hydrogen-bond acceptors (Lipinski definition) is 7. The number of nitrogens with zero attached hydrogens (tertiary/aromatic N) is 4. The number of carbonyl (C=O) groups excluding carboxylic acids is 1. The Morgan fingerprint density at radius 1 is 1.38 bits per heavy atom. The first-order chi connectivity index (χ1) is 16.5. The molecule has 1 saturated carbocycles. The molecular weight excluding hydrogens is 434 g/mol. The number of aliphatic hydroxyl groups excluding tert-OH is 1. The second kappa shape index (κ2) is 8.96. The number of carbonyl (C=O) groups is 1. The Bertz CT molecular complexity index is 1190. The van der Waals surface area contributed by atoms with E-state index in [1.54, 1.807) is 0 Å². The Kier molecular flexibility index (Phi) is 5.99. The van der Waals surface area contributed by atoms with E-state index in [9.17, 15) is 9.90 Å². The number of aliphatic hydroxyl groups is 1. The van der Waals surface area contributed by atoms with Gasteiger partial charge in [-0.15, -0.1) is 5.10 Å². The second-order valence-electron chi connectivity index (χ2n) is 9.62. The smallest absolute Gasteiger partial charge is 0.207 e. The van der Waals surface area contributed by atoms with E-state index in [0.29, 0.717) is 25.9 Å². The first-order valence-corrected chi connectivity index (χ1v) is 11.9. The lowest BCUT2D eigenvalue weighted by Gasteiger charge is -2.55. The molecule has 1 atom stereocenters. The van der Waals surface area contributed by atoms with Gasteiger partial charge in [0.2, 0.25) is 6.41 Å². The van der Waals surface area contributed by atoms with Gasteiger partial charge in [-0.05, 0) is 61.9 Å². The topological polar surface area (TPSA) is 111 Å². The summed E-state index contributed by atoms with van der Waals surface area (Å²) in [5, 5.41) is 22.6. The maximum absolute atomic E-state index is 11.0. The fraction of sp³-hybridized carbons (Fsp3) is 0.520. The number of fused-ring (bicyclic) bond motifs is 3. The van der Waals surface area contributed by atoms with Gasteiger partial charge < -0.3 is 19.9 Å².